The number of fused-ring (bicyclic) bond motifs is 1. The van der Waals surface area contributed by atoms with E-state index in [-0.39, 0.29) is 6.54 Å². The maximum Gasteiger partial charge on any atom is 0.406 e. The van der Waals surface area contributed by atoms with Crippen molar-refractivity contribution < 1.29 is 27.9 Å². The summed E-state index contributed by atoms with van der Waals surface area (Å²) in [5.41, 5.74) is -1.46. The molecule has 1 unspecified atom stereocenters. The lowest BCUT2D eigenvalue weighted by atomic mass is 9.86. The van der Waals surface area contributed by atoms with E-state index in [0.717, 1.165) is 41.0 Å². The van der Waals surface area contributed by atoms with Crippen LogP contribution in [0.15, 0.2) is 5.38 Å². The predicted molar refractivity (Wildman–Crippen MR) is 77.6 cm³/mol. The van der Waals surface area contributed by atoms with Crippen LogP contribution in [0.25, 0.3) is 0 Å². The summed E-state index contributed by atoms with van der Waals surface area (Å²) in [7, 11) is 0. The summed E-state index contributed by atoms with van der Waals surface area (Å²) in [6, 6.07) is 0. The molecule has 4 nitrogen and oxygen atoms in total. The summed E-state index contributed by atoms with van der Waals surface area (Å²) in [5.74, 6) is -2.38. The van der Waals surface area contributed by atoms with Crippen LogP contribution in [0.2, 0.25) is 0 Å². The van der Waals surface area contributed by atoms with Gasteiger partial charge in [-0.2, -0.15) is 13.2 Å². The Balaban J connectivity index is 1.85. The first-order valence-corrected chi connectivity index (χ1v) is 8.33. The lowest BCUT2D eigenvalue weighted by Gasteiger charge is -2.27. The van der Waals surface area contributed by atoms with Crippen LogP contribution in [-0.4, -0.2) is 41.1 Å². The quantitative estimate of drug-likeness (QED) is 0.894. The summed E-state index contributed by atoms with van der Waals surface area (Å²) in [5, 5.41) is 10.8. The van der Waals surface area contributed by atoms with Gasteiger partial charge in [-0.25, -0.2) is 0 Å². The highest BCUT2D eigenvalue weighted by Gasteiger charge is 2.64. The van der Waals surface area contributed by atoms with Crippen LogP contribution in [-0.2, 0) is 17.6 Å². The van der Waals surface area contributed by atoms with E-state index in [2.05, 4.69) is 0 Å². The second-order valence-electron chi connectivity index (χ2n) is 6.12. The molecule has 1 aromatic heterocycles. The van der Waals surface area contributed by atoms with Crippen molar-refractivity contribution >= 4 is 23.2 Å². The maximum atomic E-state index is 13.2. The van der Waals surface area contributed by atoms with Gasteiger partial charge in [0.25, 0.3) is 5.91 Å². The molecule has 1 amide bonds. The van der Waals surface area contributed by atoms with E-state index in [1.807, 2.05) is 0 Å². The number of thiophene rings is 1. The van der Waals surface area contributed by atoms with Crippen molar-refractivity contribution in [1.82, 2.24) is 4.90 Å². The van der Waals surface area contributed by atoms with Gasteiger partial charge in [0.2, 0.25) is 0 Å². The summed E-state index contributed by atoms with van der Waals surface area (Å²) in [6.07, 6.45) is -1.79. The number of likely N-dealkylation sites (tertiary alicyclic amines) is 1. The predicted octanol–water partition coefficient (Wildman–Crippen LogP) is 3.11. The van der Waals surface area contributed by atoms with Gasteiger partial charge in [-0.15, -0.1) is 11.3 Å². The second-order valence-corrected chi connectivity index (χ2v) is 7.08. The first kappa shape index (κ1) is 16.3. The molecule has 0 aromatic carbocycles. The molecule has 2 aliphatic rings. The third kappa shape index (κ3) is 2.52. The summed E-state index contributed by atoms with van der Waals surface area (Å²) >= 11 is 1.46. The van der Waals surface area contributed by atoms with Crippen LogP contribution in [0.1, 0.15) is 40.1 Å². The molecule has 8 heteroatoms. The van der Waals surface area contributed by atoms with Gasteiger partial charge in [0, 0.05) is 23.3 Å². The molecule has 3 rings (SSSR count). The van der Waals surface area contributed by atoms with Gasteiger partial charge in [-0.05, 0) is 37.7 Å². The van der Waals surface area contributed by atoms with Crippen LogP contribution >= 0.6 is 11.3 Å². The third-order valence-electron chi connectivity index (χ3n) is 4.80. The summed E-state index contributed by atoms with van der Waals surface area (Å²) in [4.78, 5) is 26.0. The number of aryl methyl sites for hydroxylation is 1. The van der Waals surface area contributed by atoms with Crippen molar-refractivity contribution in [2.24, 2.45) is 5.41 Å². The SMILES string of the molecule is O=C(c1csc2c1CCCC2)N1CCC(C(=O)O)(C(F)(F)F)C1. The minimum absolute atomic E-state index is 0.185. The Morgan fingerprint density at radius 1 is 1.26 bits per heavy atom. The number of carbonyl (C=O) groups is 2. The standard InChI is InChI=1S/C15H16F3NO3S/c16-15(17,18)14(13(21)22)5-6-19(8-14)12(20)10-7-23-11-4-2-1-3-9(10)11/h7H,1-6,8H2,(H,21,22). The van der Waals surface area contributed by atoms with Gasteiger partial charge >= 0.3 is 12.1 Å². The van der Waals surface area contributed by atoms with E-state index in [1.165, 1.54) is 11.3 Å². The lowest BCUT2D eigenvalue weighted by molar-refractivity contribution is -0.227. The molecule has 0 spiro atoms. The summed E-state index contributed by atoms with van der Waals surface area (Å²) in [6.45, 7) is -0.995. The molecule has 0 saturated carbocycles. The van der Waals surface area contributed by atoms with Crippen molar-refractivity contribution in [3.63, 3.8) is 0 Å². The number of carboxylic acid groups (broad SMARTS) is 1. The Labute approximate surface area is 134 Å². The van der Waals surface area contributed by atoms with E-state index in [0.29, 0.717) is 5.56 Å². The zero-order valence-corrected chi connectivity index (χ0v) is 13.1. The molecule has 23 heavy (non-hydrogen) atoms. The first-order valence-electron chi connectivity index (χ1n) is 7.45. The Morgan fingerprint density at radius 3 is 2.57 bits per heavy atom. The molecule has 1 saturated heterocycles. The fourth-order valence-corrected chi connectivity index (χ4v) is 4.47. The van der Waals surface area contributed by atoms with Gasteiger partial charge in [-0.1, -0.05) is 0 Å². The maximum absolute atomic E-state index is 13.2. The molecule has 1 atom stereocenters. The number of hydrogen-bond donors (Lipinski definition) is 1. The van der Waals surface area contributed by atoms with Gasteiger partial charge in [0.1, 0.15) is 0 Å². The zero-order valence-electron chi connectivity index (χ0n) is 12.3. The van der Waals surface area contributed by atoms with Crippen molar-refractivity contribution in [3.05, 3.63) is 21.4 Å². The smallest absolute Gasteiger partial charge is 0.406 e. The molecular weight excluding hydrogens is 331 g/mol. The van der Waals surface area contributed by atoms with E-state index in [1.54, 1.807) is 5.38 Å². The molecular formula is C15H16F3NO3S. The Morgan fingerprint density at radius 2 is 1.96 bits per heavy atom. The molecule has 0 radical (unpaired) electrons. The fourth-order valence-electron chi connectivity index (χ4n) is 3.35. The fraction of sp³-hybridized carbons (Fsp3) is 0.600. The average Bonchev–Trinajstić information content (AvgIpc) is 3.11. The van der Waals surface area contributed by atoms with Gasteiger partial charge in [0.05, 0.1) is 5.56 Å². The van der Waals surface area contributed by atoms with E-state index in [4.69, 9.17) is 5.11 Å². The number of rotatable bonds is 2. The zero-order chi connectivity index (χ0) is 16.8. The lowest BCUT2D eigenvalue weighted by Crippen LogP contribution is -2.47. The number of alkyl halides is 3. The minimum atomic E-state index is -4.87. The number of nitrogens with zero attached hydrogens (tertiary/aromatic N) is 1. The highest BCUT2D eigenvalue weighted by molar-refractivity contribution is 7.10. The molecule has 1 aromatic rings. The monoisotopic (exact) mass is 347 g/mol. The number of hydrogen-bond acceptors (Lipinski definition) is 3. The van der Waals surface area contributed by atoms with Crippen LogP contribution in [0.3, 0.4) is 0 Å². The highest BCUT2D eigenvalue weighted by Crippen LogP contribution is 2.46. The van der Waals surface area contributed by atoms with Gasteiger partial charge in [-0.3, -0.25) is 9.59 Å². The molecule has 2 heterocycles. The molecule has 126 valence electrons. The van der Waals surface area contributed by atoms with E-state index >= 15 is 0 Å². The van der Waals surface area contributed by atoms with Crippen LogP contribution in [0.4, 0.5) is 13.2 Å². The summed E-state index contributed by atoms with van der Waals surface area (Å²) < 4.78 is 39.6. The average molecular weight is 347 g/mol. The third-order valence-corrected chi connectivity index (χ3v) is 5.89. The van der Waals surface area contributed by atoms with E-state index in [9.17, 15) is 22.8 Å². The Bertz CT molecular complexity index is 655. The molecule has 1 aliphatic heterocycles. The van der Waals surface area contributed by atoms with Gasteiger partial charge in [0.15, 0.2) is 5.41 Å². The minimum Gasteiger partial charge on any atom is -0.481 e. The number of aliphatic carboxylic acids is 1. The molecule has 1 fully saturated rings. The Kier molecular flexibility index (Phi) is 3.90. The Hall–Kier alpha value is -1.57. The normalized spacial score (nSPS) is 24.6. The van der Waals surface area contributed by atoms with Gasteiger partial charge < -0.3 is 10.0 Å². The number of carboxylic acids is 1. The molecule has 0 bridgehead atoms. The molecule has 1 aliphatic carbocycles. The van der Waals surface area contributed by atoms with Crippen LogP contribution < -0.4 is 0 Å². The second kappa shape index (κ2) is 5.51. The first-order chi connectivity index (χ1) is 10.8. The van der Waals surface area contributed by atoms with Crippen LogP contribution in [0, 0.1) is 5.41 Å². The van der Waals surface area contributed by atoms with Crippen molar-refractivity contribution in [3.8, 4) is 0 Å². The van der Waals surface area contributed by atoms with Crippen molar-refractivity contribution in [2.75, 3.05) is 13.1 Å². The number of halogens is 3. The highest BCUT2D eigenvalue weighted by atomic mass is 32.1. The van der Waals surface area contributed by atoms with Crippen molar-refractivity contribution in [1.29, 1.82) is 0 Å². The topological polar surface area (TPSA) is 57.6 Å². The van der Waals surface area contributed by atoms with Crippen molar-refractivity contribution in [2.45, 2.75) is 38.3 Å². The largest absolute Gasteiger partial charge is 0.481 e. The number of amides is 1. The molecule has 1 N–H and O–H groups in total. The number of carbonyl (C=O) groups excluding carboxylic acids is 1. The van der Waals surface area contributed by atoms with Crippen LogP contribution in [0.5, 0.6) is 0 Å². The van der Waals surface area contributed by atoms with E-state index < -0.39 is 36.4 Å².